The lowest BCUT2D eigenvalue weighted by atomic mass is 10.0. The molecule has 0 aliphatic heterocycles. The topological polar surface area (TPSA) is 15.3 Å². The Morgan fingerprint density at radius 3 is 2.41 bits per heavy atom. The van der Waals surface area contributed by atoms with Gasteiger partial charge in [-0.2, -0.15) is 0 Å². The number of hydrogen-bond acceptors (Lipinski definition) is 2. The lowest BCUT2D eigenvalue weighted by Crippen LogP contribution is -2.32. The first-order valence-corrected chi connectivity index (χ1v) is 6.71. The Balaban J connectivity index is 2.00. The first-order chi connectivity index (χ1) is 8.24. The van der Waals surface area contributed by atoms with Crippen molar-refractivity contribution in [2.45, 2.75) is 38.3 Å². The fraction of sp³-hybridized carbons (Fsp3) is 0.600. The SMILES string of the molecule is CCc1ccc(C(CN(C)C2CC2)NC)cc1. The van der Waals surface area contributed by atoms with E-state index in [4.69, 9.17) is 0 Å². The number of rotatable bonds is 6. The van der Waals surface area contributed by atoms with Gasteiger partial charge in [-0.1, -0.05) is 31.2 Å². The molecule has 0 radical (unpaired) electrons. The molecule has 0 amide bonds. The molecule has 0 bridgehead atoms. The molecule has 1 N–H and O–H groups in total. The van der Waals surface area contributed by atoms with E-state index in [1.807, 2.05) is 0 Å². The molecule has 1 fully saturated rings. The highest BCUT2D eigenvalue weighted by Crippen LogP contribution is 2.27. The molecule has 1 saturated carbocycles. The van der Waals surface area contributed by atoms with Crippen molar-refractivity contribution in [2.75, 3.05) is 20.6 Å². The minimum Gasteiger partial charge on any atom is -0.312 e. The van der Waals surface area contributed by atoms with Crippen LogP contribution in [0.4, 0.5) is 0 Å². The Morgan fingerprint density at radius 2 is 1.94 bits per heavy atom. The number of nitrogens with one attached hydrogen (secondary N) is 1. The monoisotopic (exact) mass is 232 g/mol. The zero-order valence-electron chi connectivity index (χ0n) is 11.2. The van der Waals surface area contributed by atoms with Crippen LogP contribution in [0.15, 0.2) is 24.3 Å². The van der Waals surface area contributed by atoms with Crippen LogP contribution in [0.2, 0.25) is 0 Å². The molecule has 1 unspecified atom stereocenters. The van der Waals surface area contributed by atoms with Crippen molar-refractivity contribution in [3.8, 4) is 0 Å². The minimum atomic E-state index is 0.450. The molecule has 0 spiro atoms. The fourth-order valence-corrected chi connectivity index (χ4v) is 2.30. The number of benzene rings is 1. The zero-order valence-corrected chi connectivity index (χ0v) is 11.2. The van der Waals surface area contributed by atoms with Gasteiger partial charge in [-0.15, -0.1) is 0 Å². The molecule has 1 aliphatic carbocycles. The van der Waals surface area contributed by atoms with Gasteiger partial charge < -0.3 is 10.2 Å². The average Bonchev–Trinajstić information content (AvgIpc) is 3.20. The van der Waals surface area contributed by atoms with Crippen molar-refractivity contribution >= 4 is 0 Å². The van der Waals surface area contributed by atoms with E-state index in [9.17, 15) is 0 Å². The molecule has 1 aromatic rings. The second-order valence-corrected chi connectivity index (χ2v) is 5.11. The first-order valence-electron chi connectivity index (χ1n) is 6.71. The predicted molar refractivity (Wildman–Crippen MR) is 73.3 cm³/mol. The maximum atomic E-state index is 3.43. The standard InChI is InChI=1S/C15H24N2/c1-4-12-5-7-13(8-6-12)15(16-2)11-17(3)14-9-10-14/h5-8,14-16H,4,9-11H2,1-3H3. The van der Waals surface area contributed by atoms with Crippen LogP contribution in [0.3, 0.4) is 0 Å². The average molecular weight is 232 g/mol. The van der Waals surface area contributed by atoms with E-state index in [0.717, 1.165) is 19.0 Å². The largest absolute Gasteiger partial charge is 0.312 e. The van der Waals surface area contributed by atoms with E-state index in [1.165, 1.54) is 24.0 Å². The molecular weight excluding hydrogens is 208 g/mol. The van der Waals surface area contributed by atoms with Crippen LogP contribution in [-0.4, -0.2) is 31.6 Å². The third-order valence-electron chi connectivity index (χ3n) is 3.78. The minimum absolute atomic E-state index is 0.450. The Kier molecular flexibility index (Phi) is 4.19. The number of nitrogens with zero attached hydrogens (tertiary/aromatic N) is 1. The number of hydrogen-bond donors (Lipinski definition) is 1. The van der Waals surface area contributed by atoms with Crippen LogP contribution in [0.25, 0.3) is 0 Å². The maximum absolute atomic E-state index is 3.43. The van der Waals surface area contributed by atoms with Gasteiger partial charge in [-0.05, 0) is 44.5 Å². The second-order valence-electron chi connectivity index (χ2n) is 5.11. The number of likely N-dealkylation sites (N-methyl/N-ethyl adjacent to an activating group) is 2. The third-order valence-corrected chi connectivity index (χ3v) is 3.78. The summed E-state index contributed by atoms with van der Waals surface area (Å²) in [5.41, 5.74) is 2.82. The molecule has 1 aromatic carbocycles. The van der Waals surface area contributed by atoms with Crippen LogP contribution in [0.5, 0.6) is 0 Å². The molecule has 0 heterocycles. The highest BCUT2D eigenvalue weighted by Gasteiger charge is 2.27. The molecule has 0 aromatic heterocycles. The quantitative estimate of drug-likeness (QED) is 0.811. The molecule has 17 heavy (non-hydrogen) atoms. The molecule has 1 atom stereocenters. The molecule has 0 saturated heterocycles. The van der Waals surface area contributed by atoms with E-state index >= 15 is 0 Å². The smallest absolute Gasteiger partial charge is 0.0446 e. The van der Waals surface area contributed by atoms with Crippen LogP contribution < -0.4 is 5.32 Å². The van der Waals surface area contributed by atoms with Gasteiger partial charge in [0, 0.05) is 18.6 Å². The summed E-state index contributed by atoms with van der Waals surface area (Å²) in [6.07, 6.45) is 3.87. The molecular formula is C15H24N2. The van der Waals surface area contributed by atoms with Crippen molar-refractivity contribution in [1.82, 2.24) is 10.2 Å². The van der Waals surface area contributed by atoms with Crippen LogP contribution in [-0.2, 0) is 6.42 Å². The van der Waals surface area contributed by atoms with E-state index in [0.29, 0.717) is 6.04 Å². The van der Waals surface area contributed by atoms with E-state index in [-0.39, 0.29) is 0 Å². The van der Waals surface area contributed by atoms with Gasteiger partial charge in [0.2, 0.25) is 0 Å². The summed E-state index contributed by atoms with van der Waals surface area (Å²) in [5, 5.41) is 3.43. The summed E-state index contributed by atoms with van der Waals surface area (Å²) in [7, 11) is 4.29. The first kappa shape index (κ1) is 12.6. The number of aryl methyl sites for hydroxylation is 1. The summed E-state index contributed by atoms with van der Waals surface area (Å²) in [4.78, 5) is 2.48. The van der Waals surface area contributed by atoms with Gasteiger partial charge >= 0.3 is 0 Å². The second kappa shape index (κ2) is 5.65. The summed E-state index contributed by atoms with van der Waals surface area (Å²) >= 11 is 0. The van der Waals surface area contributed by atoms with Gasteiger partial charge in [0.1, 0.15) is 0 Å². The maximum Gasteiger partial charge on any atom is 0.0446 e. The third kappa shape index (κ3) is 3.30. The lowest BCUT2D eigenvalue weighted by Gasteiger charge is -2.24. The van der Waals surface area contributed by atoms with E-state index in [1.54, 1.807) is 0 Å². The van der Waals surface area contributed by atoms with Gasteiger partial charge in [0.05, 0.1) is 0 Å². The summed E-state index contributed by atoms with van der Waals surface area (Å²) in [6, 6.07) is 10.3. The molecule has 2 nitrogen and oxygen atoms in total. The predicted octanol–water partition coefficient (Wildman–Crippen LogP) is 2.60. The zero-order chi connectivity index (χ0) is 12.3. The molecule has 1 aliphatic rings. The van der Waals surface area contributed by atoms with Gasteiger partial charge in [-0.25, -0.2) is 0 Å². The highest BCUT2D eigenvalue weighted by molar-refractivity contribution is 5.25. The van der Waals surface area contributed by atoms with E-state index < -0.39 is 0 Å². The van der Waals surface area contributed by atoms with Gasteiger partial charge in [0.15, 0.2) is 0 Å². The van der Waals surface area contributed by atoms with Crippen molar-refractivity contribution in [3.63, 3.8) is 0 Å². The summed E-state index contributed by atoms with van der Waals surface area (Å²) in [5.74, 6) is 0. The molecule has 2 rings (SSSR count). The van der Waals surface area contributed by atoms with Crippen molar-refractivity contribution in [1.29, 1.82) is 0 Å². The Hall–Kier alpha value is -0.860. The van der Waals surface area contributed by atoms with Gasteiger partial charge in [0.25, 0.3) is 0 Å². The Bertz CT molecular complexity index is 340. The van der Waals surface area contributed by atoms with Crippen molar-refractivity contribution < 1.29 is 0 Å². The van der Waals surface area contributed by atoms with E-state index in [2.05, 4.69) is 55.5 Å². The molecule has 2 heteroatoms. The fourth-order valence-electron chi connectivity index (χ4n) is 2.30. The van der Waals surface area contributed by atoms with Crippen LogP contribution in [0.1, 0.15) is 36.9 Å². The molecule has 94 valence electrons. The normalized spacial score (nSPS) is 17.4. The Morgan fingerprint density at radius 1 is 1.29 bits per heavy atom. The van der Waals surface area contributed by atoms with Gasteiger partial charge in [-0.3, -0.25) is 0 Å². The Labute approximate surface area is 105 Å². The van der Waals surface area contributed by atoms with Crippen LogP contribution >= 0.6 is 0 Å². The summed E-state index contributed by atoms with van der Waals surface area (Å²) in [6.45, 7) is 3.30. The highest BCUT2D eigenvalue weighted by atomic mass is 15.2. The van der Waals surface area contributed by atoms with Crippen molar-refractivity contribution in [2.24, 2.45) is 0 Å². The van der Waals surface area contributed by atoms with Crippen LogP contribution in [0, 0.1) is 0 Å². The summed E-state index contributed by atoms with van der Waals surface area (Å²) < 4.78 is 0. The lowest BCUT2D eigenvalue weighted by molar-refractivity contribution is 0.287. The van der Waals surface area contributed by atoms with Crippen molar-refractivity contribution in [3.05, 3.63) is 35.4 Å².